The third kappa shape index (κ3) is 3.62. The predicted molar refractivity (Wildman–Crippen MR) is 108 cm³/mol. The van der Waals surface area contributed by atoms with Gasteiger partial charge in [0.15, 0.2) is 0 Å². The second-order valence-electron chi connectivity index (χ2n) is 6.51. The summed E-state index contributed by atoms with van der Waals surface area (Å²) in [6.07, 6.45) is -2.38. The molecule has 0 unspecified atom stereocenters. The summed E-state index contributed by atoms with van der Waals surface area (Å²) in [6, 6.07) is 18.5. The molecule has 3 aromatic carbocycles. The topological polar surface area (TPSA) is 4.93 Å². The summed E-state index contributed by atoms with van der Waals surface area (Å²) in [5.74, 6) is 0. The number of hydrogen-bond acceptors (Lipinski definition) is 0. The number of alkyl halides is 3. The lowest BCUT2D eigenvalue weighted by atomic mass is 10.0. The van der Waals surface area contributed by atoms with Crippen LogP contribution in [0.4, 0.5) is 13.2 Å². The lowest BCUT2D eigenvalue weighted by Gasteiger charge is -2.10. The van der Waals surface area contributed by atoms with Crippen LogP contribution in [0, 0.1) is 0 Å². The normalized spacial score (nSPS) is 11.9. The smallest absolute Gasteiger partial charge is 0.343 e. The molecule has 1 heterocycles. The first-order valence-corrected chi connectivity index (χ1v) is 9.28. The maximum atomic E-state index is 12.8. The average molecular weight is 420 g/mol. The predicted octanol–water partition coefficient (Wildman–Crippen LogP) is 7.68. The number of nitrogens with zero attached hydrogens (tertiary/aromatic N) is 1. The van der Waals surface area contributed by atoms with Crippen LogP contribution >= 0.6 is 23.2 Å². The molecule has 0 spiro atoms. The Bertz CT molecular complexity index is 1140. The molecular formula is C22H14Cl2F3N. The van der Waals surface area contributed by atoms with E-state index in [1.54, 1.807) is 6.07 Å². The standard InChI is InChI=1S/C22H14Cl2F3N/c23-19-9-4-14(12-20(19)24)13-28-11-10-18-17(2-1-3-21(18)28)15-5-7-16(8-6-15)22(25,26)27/h1-12H,13H2. The summed E-state index contributed by atoms with van der Waals surface area (Å²) in [6.45, 7) is 0.608. The molecule has 0 amide bonds. The van der Waals surface area contributed by atoms with Gasteiger partial charge in [-0.05, 0) is 53.1 Å². The number of halogens is 5. The van der Waals surface area contributed by atoms with Crippen LogP contribution in [0.1, 0.15) is 11.1 Å². The van der Waals surface area contributed by atoms with Gasteiger partial charge in [0.05, 0.1) is 15.6 Å². The Morgan fingerprint density at radius 3 is 2.25 bits per heavy atom. The van der Waals surface area contributed by atoms with Crippen LogP contribution in [0.5, 0.6) is 0 Å². The second-order valence-corrected chi connectivity index (χ2v) is 7.32. The minimum atomic E-state index is -4.34. The summed E-state index contributed by atoms with van der Waals surface area (Å²) in [4.78, 5) is 0. The summed E-state index contributed by atoms with van der Waals surface area (Å²) < 4.78 is 40.5. The fraction of sp³-hybridized carbons (Fsp3) is 0.0909. The highest BCUT2D eigenvalue weighted by atomic mass is 35.5. The molecule has 0 saturated carbocycles. The van der Waals surface area contributed by atoms with Crippen LogP contribution in [0.3, 0.4) is 0 Å². The van der Waals surface area contributed by atoms with Crippen molar-refractivity contribution in [1.82, 2.24) is 4.57 Å². The number of hydrogen-bond donors (Lipinski definition) is 0. The summed E-state index contributed by atoms with van der Waals surface area (Å²) in [7, 11) is 0. The van der Waals surface area contributed by atoms with Crippen molar-refractivity contribution in [3.63, 3.8) is 0 Å². The Labute approximate surface area is 169 Å². The van der Waals surface area contributed by atoms with Crippen molar-refractivity contribution >= 4 is 34.1 Å². The van der Waals surface area contributed by atoms with Crippen LogP contribution in [0.15, 0.2) is 72.9 Å². The van der Waals surface area contributed by atoms with Crippen LogP contribution in [-0.2, 0) is 12.7 Å². The highest BCUT2D eigenvalue weighted by Gasteiger charge is 2.30. The van der Waals surface area contributed by atoms with Crippen molar-refractivity contribution in [1.29, 1.82) is 0 Å². The minimum Gasteiger partial charge on any atom is -0.343 e. The van der Waals surface area contributed by atoms with E-state index >= 15 is 0 Å². The minimum absolute atomic E-state index is 0.501. The van der Waals surface area contributed by atoms with Gasteiger partial charge in [0.2, 0.25) is 0 Å². The number of aromatic nitrogens is 1. The van der Waals surface area contributed by atoms with Crippen molar-refractivity contribution in [3.05, 3.63) is 94.1 Å². The first-order chi connectivity index (χ1) is 13.3. The third-order valence-electron chi connectivity index (χ3n) is 4.67. The molecule has 28 heavy (non-hydrogen) atoms. The molecular weight excluding hydrogens is 406 g/mol. The van der Waals surface area contributed by atoms with E-state index in [9.17, 15) is 13.2 Å². The Hall–Kier alpha value is -2.43. The molecule has 0 bridgehead atoms. The lowest BCUT2D eigenvalue weighted by molar-refractivity contribution is -0.137. The molecule has 0 N–H and O–H groups in total. The first-order valence-electron chi connectivity index (χ1n) is 8.52. The number of benzene rings is 3. The quantitative estimate of drug-likeness (QED) is 0.320. The lowest BCUT2D eigenvalue weighted by Crippen LogP contribution is -2.04. The van der Waals surface area contributed by atoms with Crippen molar-refractivity contribution in [3.8, 4) is 11.1 Å². The van der Waals surface area contributed by atoms with Gasteiger partial charge in [-0.3, -0.25) is 0 Å². The van der Waals surface area contributed by atoms with Crippen molar-refractivity contribution in [2.75, 3.05) is 0 Å². The maximum Gasteiger partial charge on any atom is 0.416 e. The molecule has 0 aliphatic carbocycles. The third-order valence-corrected chi connectivity index (χ3v) is 5.41. The number of fused-ring (bicyclic) bond motifs is 1. The monoisotopic (exact) mass is 419 g/mol. The largest absolute Gasteiger partial charge is 0.416 e. The van der Waals surface area contributed by atoms with Gasteiger partial charge >= 0.3 is 6.18 Å². The van der Waals surface area contributed by atoms with Crippen LogP contribution < -0.4 is 0 Å². The maximum absolute atomic E-state index is 12.8. The van der Waals surface area contributed by atoms with Gasteiger partial charge in [-0.15, -0.1) is 0 Å². The molecule has 1 nitrogen and oxygen atoms in total. The second kappa shape index (κ2) is 7.19. The van der Waals surface area contributed by atoms with Gasteiger partial charge in [-0.2, -0.15) is 13.2 Å². The zero-order valence-corrected chi connectivity index (χ0v) is 16.0. The van der Waals surface area contributed by atoms with Gasteiger partial charge in [0.25, 0.3) is 0 Å². The van der Waals surface area contributed by atoms with E-state index in [0.717, 1.165) is 39.7 Å². The van der Waals surface area contributed by atoms with Gasteiger partial charge < -0.3 is 4.57 Å². The fourth-order valence-electron chi connectivity index (χ4n) is 3.29. The van der Waals surface area contributed by atoms with E-state index < -0.39 is 11.7 Å². The molecule has 1 aromatic heterocycles. The SMILES string of the molecule is FC(F)(F)c1ccc(-c2cccc3c2ccn3Cc2ccc(Cl)c(Cl)c2)cc1. The highest BCUT2D eigenvalue weighted by molar-refractivity contribution is 6.42. The summed E-state index contributed by atoms with van der Waals surface area (Å²) in [5.41, 5.74) is 2.97. The highest BCUT2D eigenvalue weighted by Crippen LogP contribution is 2.34. The Balaban J connectivity index is 1.71. The van der Waals surface area contributed by atoms with E-state index in [1.165, 1.54) is 12.1 Å². The summed E-state index contributed by atoms with van der Waals surface area (Å²) >= 11 is 12.1. The molecule has 6 heteroatoms. The zero-order chi connectivity index (χ0) is 19.9. The van der Waals surface area contributed by atoms with E-state index in [2.05, 4.69) is 4.57 Å². The Morgan fingerprint density at radius 2 is 1.57 bits per heavy atom. The number of rotatable bonds is 3. The van der Waals surface area contributed by atoms with Crippen molar-refractivity contribution < 1.29 is 13.2 Å². The van der Waals surface area contributed by atoms with E-state index in [-0.39, 0.29) is 0 Å². The van der Waals surface area contributed by atoms with Gasteiger partial charge in [0, 0.05) is 23.6 Å². The Morgan fingerprint density at radius 1 is 0.821 bits per heavy atom. The van der Waals surface area contributed by atoms with E-state index in [4.69, 9.17) is 23.2 Å². The van der Waals surface area contributed by atoms with Crippen molar-refractivity contribution in [2.24, 2.45) is 0 Å². The first kappa shape index (κ1) is 18.9. The molecule has 0 saturated heterocycles. The van der Waals surface area contributed by atoms with Gasteiger partial charge in [-0.25, -0.2) is 0 Å². The molecule has 4 rings (SSSR count). The summed E-state index contributed by atoms with van der Waals surface area (Å²) in [5, 5.41) is 1.98. The molecule has 4 aromatic rings. The molecule has 0 atom stereocenters. The Kier molecular flexibility index (Phi) is 4.86. The molecule has 142 valence electrons. The van der Waals surface area contributed by atoms with Crippen LogP contribution in [-0.4, -0.2) is 4.57 Å². The van der Waals surface area contributed by atoms with Crippen LogP contribution in [0.2, 0.25) is 10.0 Å². The van der Waals surface area contributed by atoms with Gasteiger partial charge in [-0.1, -0.05) is 53.5 Å². The van der Waals surface area contributed by atoms with Crippen molar-refractivity contribution in [2.45, 2.75) is 12.7 Å². The molecule has 0 aliphatic heterocycles. The van der Waals surface area contributed by atoms with Crippen LogP contribution in [0.25, 0.3) is 22.0 Å². The fourth-order valence-corrected chi connectivity index (χ4v) is 3.61. The van der Waals surface area contributed by atoms with Gasteiger partial charge in [0.1, 0.15) is 0 Å². The molecule has 0 fully saturated rings. The molecule has 0 radical (unpaired) electrons. The average Bonchev–Trinajstić information content (AvgIpc) is 3.07. The van der Waals surface area contributed by atoms with E-state index in [0.29, 0.717) is 16.6 Å². The molecule has 0 aliphatic rings. The zero-order valence-electron chi connectivity index (χ0n) is 14.5. The van der Waals surface area contributed by atoms with E-state index in [1.807, 2.05) is 42.6 Å².